The SMILES string of the molecule is Cc1ccc(C)c(NC(=O)C2CCCN(c3nnc(-n4cccc4)s3)C2)c1. The molecule has 0 saturated carbocycles. The first-order chi connectivity index (χ1) is 13.1. The second kappa shape index (κ2) is 7.52. The molecule has 140 valence electrons. The lowest BCUT2D eigenvalue weighted by Gasteiger charge is -2.31. The monoisotopic (exact) mass is 381 g/mol. The predicted molar refractivity (Wildman–Crippen MR) is 109 cm³/mol. The lowest BCUT2D eigenvalue weighted by molar-refractivity contribution is -0.120. The quantitative estimate of drug-likeness (QED) is 0.747. The number of rotatable bonds is 4. The van der Waals surface area contributed by atoms with E-state index < -0.39 is 0 Å². The second-order valence-corrected chi connectivity index (χ2v) is 7.98. The number of nitrogens with one attached hydrogen (secondary N) is 1. The first-order valence-electron chi connectivity index (χ1n) is 9.20. The Kier molecular flexibility index (Phi) is 4.94. The fourth-order valence-electron chi connectivity index (χ4n) is 3.37. The third-order valence-electron chi connectivity index (χ3n) is 4.94. The van der Waals surface area contributed by atoms with Crippen molar-refractivity contribution in [2.45, 2.75) is 26.7 Å². The Morgan fingerprint density at radius 3 is 2.78 bits per heavy atom. The molecule has 3 heterocycles. The summed E-state index contributed by atoms with van der Waals surface area (Å²) in [5.41, 5.74) is 3.14. The Hall–Kier alpha value is -2.67. The summed E-state index contributed by atoms with van der Waals surface area (Å²) >= 11 is 1.55. The third kappa shape index (κ3) is 3.88. The smallest absolute Gasteiger partial charge is 0.229 e. The van der Waals surface area contributed by atoms with Crippen molar-refractivity contribution in [3.8, 4) is 5.13 Å². The molecule has 1 aliphatic heterocycles. The Bertz CT molecular complexity index is 934. The number of benzene rings is 1. The van der Waals surface area contributed by atoms with Gasteiger partial charge < -0.3 is 10.2 Å². The summed E-state index contributed by atoms with van der Waals surface area (Å²) in [5, 5.41) is 13.5. The molecule has 1 unspecified atom stereocenters. The Morgan fingerprint density at radius 1 is 1.19 bits per heavy atom. The minimum absolute atomic E-state index is 0.0439. The maximum Gasteiger partial charge on any atom is 0.229 e. The Morgan fingerprint density at radius 2 is 1.96 bits per heavy atom. The summed E-state index contributed by atoms with van der Waals surface area (Å²) in [6.45, 7) is 5.64. The van der Waals surface area contributed by atoms with E-state index >= 15 is 0 Å². The molecule has 0 bridgehead atoms. The fraction of sp³-hybridized carbons (Fsp3) is 0.350. The summed E-state index contributed by atoms with van der Waals surface area (Å²) < 4.78 is 1.95. The van der Waals surface area contributed by atoms with E-state index in [0.29, 0.717) is 6.54 Å². The Labute approximate surface area is 162 Å². The van der Waals surface area contributed by atoms with Crippen LogP contribution in [0.25, 0.3) is 5.13 Å². The number of carbonyl (C=O) groups excluding carboxylic acids is 1. The second-order valence-electron chi connectivity index (χ2n) is 7.05. The van der Waals surface area contributed by atoms with Crippen LogP contribution in [0.15, 0.2) is 42.7 Å². The molecule has 1 aromatic carbocycles. The van der Waals surface area contributed by atoms with Crippen molar-refractivity contribution in [3.63, 3.8) is 0 Å². The van der Waals surface area contributed by atoms with Gasteiger partial charge in [0.25, 0.3) is 0 Å². The van der Waals surface area contributed by atoms with E-state index in [-0.39, 0.29) is 11.8 Å². The number of aryl methyl sites for hydroxylation is 2. The van der Waals surface area contributed by atoms with Gasteiger partial charge in [0, 0.05) is 31.2 Å². The molecule has 6 nitrogen and oxygen atoms in total. The van der Waals surface area contributed by atoms with Crippen LogP contribution in [0.2, 0.25) is 0 Å². The lowest BCUT2D eigenvalue weighted by Crippen LogP contribution is -2.40. The first-order valence-corrected chi connectivity index (χ1v) is 10.0. The number of piperidine rings is 1. The van der Waals surface area contributed by atoms with E-state index in [9.17, 15) is 4.79 Å². The molecule has 1 aliphatic rings. The van der Waals surface area contributed by atoms with Crippen molar-refractivity contribution in [2.24, 2.45) is 5.92 Å². The van der Waals surface area contributed by atoms with Crippen LogP contribution in [-0.2, 0) is 4.79 Å². The third-order valence-corrected chi connectivity index (χ3v) is 5.94. The van der Waals surface area contributed by atoms with Gasteiger partial charge in [-0.25, -0.2) is 0 Å². The molecule has 1 atom stereocenters. The van der Waals surface area contributed by atoms with Crippen LogP contribution >= 0.6 is 11.3 Å². The molecule has 1 saturated heterocycles. The lowest BCUT2D eigenvalue weighted by atomic mass is 9.97. The van der Waals surface area contributed by atoms with Crippen LogP contribution < -0.4 is 10.2 Å². The van der Waals surface area contributed by atoms with Crippen LogP contribution in [-0.4, -0.2) is 33.8 Å². The molecule has 1 amide bonds. The predicted octanol–water partition coefficient (Wildman–Crippen LogP) is 3.80. The molecule has 2 aromatic heterocycles. The van der Waals surface area contributed by atoms with Gasteiger partial charge >= 0.3 is 0 Å². The van der Waals surface area contributed by atoms with E-state index in [4.69, 9.17) is 0 Å². The van der Waals surface area contributed by atoms with E-state index in [1.807, 2.05) is 55.1 Å². The average Bonchev–Trinajstić information content (AvgIpc) is 3.36. The normalized spacial score (nSPS) is 17.1. The number of nitrogens with zero attached hydrogens (tertiary/aromatic N) is 4. The van der Waals surface area contributed by atoms with Gasteiger partial charge in [-0.05, 0) is 56.0 Å². The van der Waals surface area contributed by atoms with E-state index in [1.54, 1.807) is 11.3 Å². The van der Waals surface area contributed by atoms with Gasteiger partial charge in [0.1, 0.15) is 0 Å². The topological polar surface area (TPSA) is 63.1 Å². The highest BCUT2D eigenvalue weighted by molar-refractivity contribution is 7.17. The number of amides is 1. The van der Waals surface area contributed by atoms with E-state index in [1.165, 1.54) is 0 Å². The zero-order valence-electron chi connectivity index (χ0n) is 15.6. The van der Waals surface area contributed by atoms with Crippen molar-refractivity contribution in [1.82, 2.24) is 14.8 Å². The van der Waals surface area contributed by atoms with Crippen LogP contribution in [0, 0.1) is 19.8 Å². The summed E-state index contributed by atoms with van der Waals surface area (Å²) in [7, 11) is 0. The highest BCUT2D eigenvalue weighted by Gasteiger charge is 2.28. The highest BCUT2D eigenvalue weighted by Crippen LogP contribution is 2.28. The molecular weight excluding hydrogens is 358 g/mol. The van der Waals surface area contributed by atoms with E-state index in [2.05, 4.69) is 26.5 Å². The van der Waals surface area contributed by atoms with Gasteiger partial charge in [0.05, 0.1) is 5.92 Å². The maximum atomic E-state index is 12.8. The van der Waals surface area contributed by atoms with Crippen molar-refractivity contribution in [2.75, 3.05) is 23.3 Å². The molecule has 0 aliphatic carbocycles. The molecule has 0 radical (unpaired) electrons. The number of hydrogen-bond donors (Lipinski definition) is 1. The van der Waals surface area contributed by atoms with Crippen molar-refractivity contribution < 1.29 is 4.79 Å². The first kappa shape index (κ1) is 17.7. The van der Waals surface area contributed by atoms with Crippen LogP contribution in [0.3, 0.4) is 0 Å². The zero-order valence-corrected chi connectivity index (χ0v) is 16.4. The molecule has 1 N–H and O–H groups in total. The molecule has 0 spiro atoms. The van der Waals surface area contributed by atoms with Crippen LogP contribution in [0.1, 0.15) is 24.0 Å². The fourth-order valence-corrected chi connectivity index (χ4v) is 4.22. The number of aromatic nitrogens is 3. The van der Waals surface area contributed by atoms with Crippen molar-refractivity contribution in [1.29, 1.82) is 0 Å². The summed E-state index contributed by atoms with van der Waals surface area (Å²) in [6, 6.07) is 10.1. The largest absolute Gasteiger partial charge is 0.346 e. The number of hydrogen-bond acceptors (Lipinski definition) is 5. The summed E-state index contributed by atoms with van der Waals surface area (Å²) in [4.78, 5) is 15.0. The summed E-state index contributed by atoms with van der Waals surface area (Å²) in [5.74, 6) is 0.0427. The minimum Gasteiger partial charge on any atom is -0.346 e. The number of anilines is 2. The summed E-state index contributed by atoms with van der Waals surface area (Å²) in [6.07, 6.45) is 5.79. The molecule has 27 heavy (non-hydrogen) atoms. The molecule has 4 rings (SSSR count). The molecule has 7 heteroatoms. The molecule has 3 aromatic rings. The van der Waals surface area contributed by atoms with Gasteiger partial charge in [-0.15, -0.1) is 10.2 Å². The van der Waals surface area contributed by atoms with Crippen molar-refractivity contribution >= 4 is 28.1 Å². The molecule has 1 fully saturated rings. The number of carbonyl (C=O) groups is 1. The van der Waals surface area contributed by atoms with Gasteiger partial charge in [0.2, 0.25) is 16.2 Å². The van der Waals surface area contributed by atoms with Gasteiger partial charge in [-0.1, -0.05) is 23.5 Å². The highest BCUT2D eigenvalue weighted by atomic mass is 32.1. The van der Waals surface area contributed by atoms with Gasteiger partial charge in [0.15, 0.2) is 0 Å². The minimum atomic E-state index is -0.0439. The Balaban J connectivity index is 1.45. The van der Waals surface area contributed by atoms with Crippen LogP contribution in [0.4, 0.5) is 10.8 Å². The average molecular weight is 382 g/mol. The standard InChI is InChI=1S/C20H23N5OS/c1-14-7-8-15(2)17(12-14)21-18(26)16-6-5-11-25(13-16)20-23-22-19(27-20)24-9-3-4-10-24/h3-4,7-10,12,16H,5-6,11,13H2,1-2H3,(H,21,26). The van der Waals surface area contributed by atoms with Gasteiger partial charge in [-0.3, -0.25) is 9.36 Å². The zero-order chi connectivity index (χ0) is 18.8. The van der Waals surface area contributed by atoms with E-state index in [0.717, 1.165) is 46.5 Å². The molecular formula is C20H23N5OS. The maximum absolute atomic E-state index is 12.8. The van der Waals surface area contributed by atoms with Crippen LogP contribution in [0.5, 0.6) is 0 Å². The van der Waals surface area contributed by atoms with Gasteiger partial charge in [-0.2, -0.15) is 0 Å². The van der Waals surface area contributed by atoms with Crippen molar-refractivity contribution in [3.05, 3.63) is 53.9 Å².